The lowest BCUT2D eigenvalue weighted by molar-refractivity contribution is -0.118. The molecular formula is C18H18FN3O2. The Kier molecular flexibility index (Phi) is 4.46. The number of hydrogen-bond acceptors (Lipinski definition) is 2. The van der Waals surface area contributed by atoms with E-state index in [1.54, 1.807) is 4.90 Å². The molecule has 1 saturated heterocycles. The van der Waals surface area contributed by atoms with Crippen LogP contribution in [0.4, 0.5) is 20.6 Å². The molecule has 3 rings (SSSR count). The van der Waals surface area contributed by atoms with Gasteiger partial charge in [0.05, 0.1) is 0 Å². The van der Waals surface area contributed by atoms with E-state index in [4.69, 9.17) is 0 Å². The van der Waals surface area contributed by atoms with Gasteiger partial charge in [0.15, 0.2) is 0 Å². The number of urea groups is 1. The van der Waals surface area contributed by atoms with E-state index >= 15 is 0 Å². The molecule has 0 radical (unpaired) electrons. The molecule has 0 aliphatic carbocycles. The highest BCUT2D eigenvalue weighted by Gasteiger charge is 2.33. The number of aryl methyl sites for hydroxylation is 1. The molecule has 1 atom stereocenters. The maximum atomic E-state index is 12.9. The normalized spacial score (nSPS) is 17.0. The highest BCUT2D eigenvalue weighted by Crippen LogP contribution is 2.22. The number of hydrogen-bond donors (Lipinski definition) is 2. The quantitative estimate of drug-likeness (QED) is 0.910. The van der Waals surface area contributed by atoms with Crippen LogP contribution in [0.1, 0.15) is 12.0 Å². The van der Waals surface area contributed by atoms with Crippen molar-refractivity contribution in [2.45, 2.75) is 19.4 Å². The van der Waals surface area contributed by atoms with Crippen LogP contribution < -0.4 is 15.5 Å². The zero-order valence-corrected chi connectivity index (χ0v) is 13.3. The number of carbonyl (C=O) groups is 2. The van der Waals surface area contributed by atoms with Gasteiger partial charge in [0.2, 0.25) is 5.91 Å². The number of nitrogens with one attached hydrogen (secondary N) is 2. The Morgan fingerprint density at radius 1 is 1.12 bits per heavy atom. The summed E-state index contributed by atoms with van der Waals surface area (Å²) in [6.07, 6.45) is 0.545. The van der Waals surface area contributed by atoms with Gasteiger partial charge in [0.1, 0.15) is 11.9 Å². The molecule has 5 nitrogen and oxygen atoms in total. The monoisotopic (exact) mass is 327 g/mol. The Balaban J connectivity index is 1.60. The van der Waals surface area contributed by atoms with Gasteiger partial charge >= 0.3 is 6.03 Å². The lowest BCUT2D eigenvalue weighted by Crippen LogP contribution is -2.43. The fourth-order valence-electron chi connectivity index (χ4n) is 2.65. The third-order valence-electron chi connectivity index (χ3n) is 3.96. The van der Waals surface area contributed by atoms with Gasteiger partial charge in [-0.15, -0.1) is 0 Å². The first-order valence-corrected chi connectivity index (χ1v) is 7.74. The lowest BCUT2D eigenvalue weighted by Gasteiger charge is -2.17. The first-order valence-electron chi connectivity index (χ1n) is 7.74. The molecule has 0 unspecified atom stereocenters. The molecule has 2 aromatic rings. The summed E-state index contributed by atoms with van der Waals surface area (Å²) in [4.78, 5) is 26.1. The molecule has 0 bridgehead atoms. The average Bonchev–Trinajstić information content (AvgIpc) is 2.91. The van der Waals surface area contributed by atoms with E-state index in [0.717, 1.165) is 11.3 Å². The molecule has 0 saturated carbocycles. The van der Waals surface area contributed by atoms with Crippen LogP contribution in [-0.2, 0) is 4.79 Å². The fourth-order valence-corrected chi connectivity index (χ4v) is 2.65. The average molecular weight is 327 g/mol. The van der Waals surface area contributed by atoms with Gasteiger partial charge < -0.3 is 15.5 Å². The number of halogens is 1. The topological polar surface area (TPSA) is 61.4 Å². The second-order valence-electron chi connectivity index (χ2n) is 5.77. The molecule has 3 amide bonds. The van der Waals surface area contributed by atoms with E-state index in [-0.39, 0.29) is 11.7 Å². The molecule has 1 aliphatic rings. The van der Waals surface area contributed by atoms with E-state index in [0.29, 0.717) is 18.7 Å². The highest BCUT2D eigenvalue weighted by molar-refractivity contribution is 6.02. The summed E-state index contributed by atoms with van der Waals surface area (Å²) in [5.41, 5.74) is 2.42. The Morgan fingerprint density at radius 2 is 1.79 bits per heavy atom. The summed E-state index contributed by atoms with van der Waals surface area (Å²) in [7, 11) is 0. The lowest BCUT2D eigenvalue weighted by atomic mass is 10.2. The van der Waals surface area contributed by atoms with Crippen LogP contribution >= 0.6 is 0 Å². The Morgan fingerprint density at radius 3 is 2.46 bits per heavy atom. The maximum Gasteiger partial charge on any atom is 0.319 e. The van der Waals surface area contributed by atoms with Crippen LogP contribution in [0, 0.1) is 12.7 Å². The second-order valence-corrected chi connectivity index (χ2v) is 5.77. The van der Waals surface area contributed by atoms with Crippen molar-refractivity contribution >= 4 is 23.3 Å². The van der Waals surface area contributed by atoms with E-state index < -0.39 is 12.1 Å². The van der Waals surface area contributed by atoms with Crippen molar-refractivity contribution in [1.82, 2.24) is 5.32 Å². The van der Waals surface area contributed by atoms with Crippen molar-refractivity contribution in [1.29, 1.82) is 0 Å². The largest absolute Gasteiger partial charge is 0.326 e. The van der Waals surface area contributed by atoms with Crippen molar-refractivity contribution in [3.8, 4) is 0 Å². The van der Waals surface area contributed by atoms with Crippen LogP contribution in [0.15, 0.2) is 48.5 Å². The minimum Gasteiger partial charge on any atom is -0.326 e. The smallest absolute Gasteiger partial charge is 0.319 e. The number of amides is 3. The zero-order chi connectivity index (χ0) is 17.1. The predicted octanol–water partition coefficient (Wildman–Crippen LogP) is 3.06. The molecule has 1 aliphatic heterocycles. The van der Waals surface area contributed by atoms with Crippen LogP contribution in [0.5, 0.6) is 0 Å². The zero-order valence-electron chi connectivity index (χ0n) is 13.3. The maximum absolute atomic E-state index is 12.9. The van der Waals surface area contributed by atoms with Gasteiger partial charge in [-0.2, -0.15) is 0 Å². The van der Waals surface area contributed by atoms with Crippen molar-refractivity contribution in [2.24, 2.45) is 0 Å². The summed E-state index contributed by atoms with van der Waals surface area (Å²) in [5, 5.41) is 5.26. The third-order valence-corrected chi connectivity index (χ3v) is 3.96. The predicted molar refractivity (Wildman–Crippen MR) is 90.5 cm³/mol. The molecule has 2 N–H and O–H groups in total. The molecule has 24 heavy (non-hydrogen) atoms. The summed E-state index contributed by atoms with van der Waals surface area (Å²) >= 11 is 0. The van der Waals surface area contributed by atoms with Crippen molar-refractivity contribution in [3.63, 3.8) is 0 Å². The standard InChI is InChI=1S/C18H18FN3O2/c1-12-2-8-15(9-3-12)22-11-10-16(17(22)23)21-18(24)20-14-6-4-13(19)5-7-14/h2-9,16H,10-11H2,1H3,(H2,20,21,24)/t16-/m1/s1. The molecule has 0 spiro atoms. The van der Waals surface area contributed by atoms with E-state index in [1.165, 1.54) is 24.3 Å². The SMILES string of the molecule is Cc1ccc(N2CC[C@@H](NC(=O)Nc3ccc(F)cc3)C2=O)cc1. The van der Waals surface area contributed by atoms with Crippen LogP contribution in [-0.4, -0.2) is 24.5 Å². The molecule has 2 aromatic carbocycles. The van der Waals surface area contributed by atoms with E-state index in [1.807, 2.05) is 31.2 Å². The molecule has 124 valence electrons. The number of anilines is 2. The number of benzene rings is 2. The molecule has 1 fully saturated rings. The molecule has 1 heterocycles. The Hall–Kier alpha value is -2.89. The summed E-state index contributed by atoms with van der Waals surface area (Å²) in [6, 6.07) is 12.1. The first kappa shape index (κ1) is 16.0. The third kappa shape index (κ3) is 3.53. The molecule has 6 heteroatoms. The van der Waals surface area contributed by atoms with Gasteiger partial charge in [-0.25, -0.2) is 9.18 Å². The second kappa shape index (κ2) is 6.70. The number of rotatable bonds is 3. The van der Waals surface area contributed by atoms with Crippen molar-refractivity contribution in [2.75, 3.05) is 16.8 Å². The Labute approximate surface area is 139 Å². The Bertz CT molecular complexity index is 744. The van der Waals surface area contributed by atoms with E-state index in [2.05, 4.69) is 10.6 Å². The van der Waals surface area contributed by atoms with Gasteiger partial charge in [0.25, 0.3) is 0 Å². The van der Waals surface area contributed by atoms with Crippen molar-refractivity contribution in [3.05, 3.63) is 59.9 Å². The summed E-state index contributed by atoms with van der Waals surface area (Å²) < 4.78 is 12.9. The van der Waals surface area contributed by atoms with Crippen LogP contribution in [0.25, 0.3) is 0 Å². The van der Waals surface area contributed by atoms with Gasteiger partial charge in [-0.3, -0.25) is 4.79 Å². The van der Waals surface area contributed by atoms with E-state index in [9.17, 15) is 14.0 Å². The summed E-state index contributed by atoms with van der Waals surface area (Å²) in [5.74, 6) is -0.506. The van der Waals surface area contributed by atoms with Gasteiger partial charge in [-0.05, 0) is 49.7 Å². The minimum atomic E-state index is -0.563. The van der Waals surface area contributed by atoms with Gasteiger partial charge in [0, 0.05) is 17.9 Å². The summed E-state index contributed by atoms with van der Waals surface area (Å²) in [6.45, 7) is 2.54. The highest BCUT2D eigenvalue weighted by atomic mass is 19.1. The number of carbonyl (C=O) groups excluding carboxylic acids is 2. The minimum absolute atomic E-state index is 0.131. The van der Waals surface area contributed by atoms with Crippen LogP contribution in [0.3, 0.4) is 0 Å². The van der Waals surface area contributed by atoms with Gasteiger partial charge in [-0.1, -0.05) is 17.7 Å². The number of nitrogens with zero attached hydrogens (tertiary/aromatic N) is 1. The van der Waals surface area contributed by atoms with Crippen LogP contribution in [0.2, 0.25) is 0 Å². The van der Waals surface area contributed by atoms with Crippen molar-refractivity contribution < 1.29 is 14.0 Å². The first-order chi connectivity index (χ1) is 11.5. The molecular weight excluding hydrogens is 309 g/mol. The molecule has 0 aromatic heterocycles. The fraction of sp³-hybridized carbons (Fsp3) is 0.222.